The fourth-order valence-corrected chi connectivity index (χ4v) is 6.08. The molecule has 0 radical (unpaired) electrons. The van der Waals surface area contributed by atoms with Gasteiger partial charge in [-0.15, -0.1) is 0 Å². The average molecular weight is 821 g/mol. The van der Waals surface area contributed by atoms with Crippen LogP contribution in [0.4, 0.5) is 0 Å². The van der Waals surface area contributed by atoms with Crippen LogP contribution in [-0.4, -0.2) is 80.7 Å². The van der Waals surface area contributed by atoms with Gasteiger partial charge in [0.25, 0.3) is 0 Å². The Bertz CT molecular complexity index is 2240. The summed E-state index contributed by atoms with van der Waals surface area (Å²) in [5, 5.41) is -0.723. The van der Waals surface area contributed by atoms with E-state index in [-0.39, 0.29) is 39.5 Å². The maximum absolute atomic E-state index is 13.9. The minimum Gasteiger partial charge on any atom is -0.493 e. The van der Waals surface area contributed by atoms with Gasteiger partial charge in [-0.05, 0) is 90.0 Å². The summed E-state index contributed by atoms with van der Waals surface area (Å²) in [6.07, 6.45) is -5.51. The highest BCUT2D eigenvalue weighted by Crippen LogP contribution is 2.42. The highest BCUT2D eigenvalue weighted by Gasteiger charge is 2.54. The third-order valence-electron chi connectivity index (χ3n) is 8.86. The number of carbonyl (C=O) groups is 5. The van der Waals surface area contributed by atoms with Crippen molar-refractivity contribution in [1.29, 1.82) is 0 Å². The zero-order valence-electron chi connectivity index (χ0n) is 31.6. The van der Waals surface area contributed by atoms with E-state index < -0.39 is 66.4 Å². The van der Waals surface area contributed by atoms with Crippen LogP contribution in [0.25, 0.3) is 6.08 Å². The minimum atomic E-state index is -1.70. The summed E-state index contributed by atoms with van der Waals surface area (Å²) < 4.78 is 48.2. The van der Waals surface area contributed by atoms with Crippen LogP contribution in [-0.2, 0) is 28.5 Å². The molecule has 0 spiro atoms. The Kier molecular flexibility index (Phi) is 14.1. The van der Waals surface area contributed by atoms with Crippen LogP contribution in [0.15, 0.2) is 140 Å². The van der Waals surface area contributed by atoms with Gasteiger partial charge in [0.1, 0.15) is 12.7 Å². The van der Waals surface area contributed by atoms with Crippen LogP contribution in [0, 0.1) is 0 Å². The van der Waals surface area contributed by atoms with Crippen LogP contribution < -0.4 is 14.2 Å². The second kappa shape index (κ2) is 19.9. The van der Waals surface area contributed by atoms with Gasteiger partial charge in [0.2, 0.25) is 23.4 Å². The Morgan fingerprint density at radius 3 is 1.41 bits per heavy atom. The molecule has 5 aromatic rings. The topological polar surface area (TPSA) is 159 Å². The number of ether oxygens (including phenoxy) is 8. The van der Waals surface area contributed by atoms with Crippen molar-refractivity contribution in [3.63, 3.8) is 0 Å². The van der Waals surface area contributed by atoms with Crippen molar-refractivity contribution in [3.8, 4) is 17.2 Å². The normalized spacial score (nSPS) is 18.5. The molecule has 0 amide bonds. The van der Waals surface area contributed by atoms with E-state index in [9.17, 15) is 24.0 Å². The first-order valence-corrected chi connectivity index (χ1v) is 18.5. The lowest BCUT2D eigenvalue weighted by molar-refractivity contribution is -0.275. The highest BCUT2D eigenvalue weighted by molar-refractivity contribution is 6.66. The SMILES string of the molecule is COc1cc(/C=C/C(=O)Cl)cc(OC)c1O[C@@H]1O[C@H](COC(=O)c2ccccc2)[C@H](OC(=O)c2ccccc2)[C@H](OC(=O)c2ccccc2)[C@H]1OC(=O)c1ccccc1. The maximum Gasteiger partial charge on any atom is 0.338 e. The fraction of sp³-hybridized carbons (Fsp3) is 0.178. The molecule has 5 atom stereocenters. The van der Waals surface area contributed by atoms with E-state index in [1.54, 1.807) is 84.9 Å². The van der Waals surface area contributed by atoms with Crippen molar-refractivity contribution in [3.05, 3.63) is 167 Å². The number of methoxy groups -OCH3 is 2. The monoisotopic (exact) mass is 820 g/mol. The zero-order chi connectivity index (χ0) is 41.7. The van der Waals surface area contributed by atoms with E-state index in [1.165, 1.54) is 68.8 Å². The van der Waals surface area contributed by atoms with E-state index in [0.717, 1.165) is 6.08 Å². The molecule has 14 heteroatoms. The summed E-state index contributed by atoms with van der Waals surface area (Å²) in [6, 6.07) is 35.1. The number of halogens is 1. The maximum atomic E-state index is 13.9. The minimum absolute atomic E-state index is 0.0667. The van der Waals surface area contributed by atoms with Crippen LogP contribution in [0.1, 0.15) is 47.0 Å². The summed E-state index contributed by atoms with van der Waals surface area (Å²) in [5.74, 6) is -3.26. The van der Waals surface area contributed by atoms with E-state index in [1.807, 2.05) is 0 Å². The van der Waals surface area contributed by atoms with Gasteiger partial charge in [-0.25, -0.2) is 19.2 Å². The van der Waals surface area contributed by atoms with E-state index in [0.29, 0.717) is 5.56 Å². The predicted molar refractivity (Wildman–Crippen MR) is 212 cm³/mol. The summed E-state index contributed by atoms with van der Waals surface area (Å²) in [5.41, 5.74) is 1.03. The number of rotatable bonds is 15. The predicted octanol–water partition coefficient (Wildman–Crippen LogP) is 7.12. The lowest BCUT2D eigenvalue weighted by Gasteiger charge is -2.44. The molecular formula is C45H37ClO13. The molecule has 0 N–H and O–H groups in total. The van der Waals surface area contributed by atoms with E-state index >= 15 is 0 Å². The number of esters is 4. The Hall–Kier alpha value is -6.96. The number of hydrogen-bond donors (Lipinski definition) is 0. The molecular weight excluding hydrogens is 784 g/mol. The molecule has 6 rings (SSSR count). The van der Waals surface area contributed by atoms with Crippen LogP contribution in [0.3, 0.4) is 0 Å². The van der Waals surface area contributed by atoms with Gasteiger partial charge in [-0.3, -0.25) is 4.79 Å². The van der Waals surface area contributed by atoms with Crippen molar-refractivity contribution in [2.45, 2.75) is 30.7 Å². The first-order valence-electron chi connectivity index (χ1n) is 18.1. The van der Waals surface area contributed by atoms with E-state index in [4.69, 9.17) is 49.5 Å². The highest BCUT2D eigenvalue weighted by atomic mass is 35.5. The first kappa shape index (κ1) is 41.7. The van der Waals surface area contributed by atoms with Crippen LogP contribution in [0.2, 0.25) is 0 Å². The lowest BCUT2D eigenvalue weighted by Crippen LogP contribution is -2.64. The molecule has 59 heavy (non-hydrogen) atoms. The molecule has 1 fully saturated rings. The molecule has 1 aliphatic rings. The molecule has 0 saturated carbocycles. The number of allylic oxidation sites excluding steroid dienone is 1. The molecule has 0 unspecified atom stereocenters. The zero-order valence-corrected chi connectivity index (χ0v) is 32.4. The third kappa shape index (κ3) is 10.7. The van der Waals surface area contributed by atoms with Gasteiger partial charge >= 0.3 is 23.9 Å². The number of hydrogen-bond acceptors (Lipinski definition) is 13. The lowest BCUT2D eigenvalue weighted by atomic mass is 9.97. The van der Waals surface area contributed by atoms with Gasteiger partial charge in [0, 0.05) is 0 Å². The quantitative estimate of drug-likeness (QED) is 0.0455. The smallest absolute Gasteiger partial charge is 0.338 e. The first-order chi connectivity index (χ1) is 28.6. The summed E-state index contributed by atoms with van der Waals surface area (Å²) in [7, 11) is 2.71. The van der Waals surface area contributed by atoms with Crippen molar-refractivity contribution in [2.24, 2.45) is 0 Å². The van der Waals surface area contributed by atoms with Crippen LogP contribution in [0.5, 0.6) is 17.2 Å². The molecule has 1 heterocycles. The van der Waals surface area contributed by atoms with Crippen molar-refractivity contribution in [2.75, 3.05) is 20.8 Å². The molecule has 5 aromatic carbocycles. The van der Waals surface area contributed by atoms with Gasteiger partial charge in [-0.1, -0.05) is 72.8 Å². The Morgan fingerprint density at radius 2 is 0.983 bits per heavy atom. The Morgan fingerprint density at radius 1 is 0.576 bits per heavy atom. The van der Waals surface area contributed by atoms with Crippen molar-refractivity contribution < 1.29 is 61.9 Å². The second-order valence-electron chi connectivity index (χ2n) is 12.7. The van der Waals surface area contributed by atoms with Gasteiger partial charge in [0.05, 0.1) is 36.5 Å². The molecule has 0 aliphatic carbocycles. The average Bonchev–Trinajstić information content (AvgIpc) is 3.27. The molecule has 13 nitrogen and oxygen atoms in total. The molecule has 1 aliphatic heterocycles. The fourth-order valence-electron chi connectivity index (χ4n) is 6.01. The van der Waals surface area contributed by atoms with Gasteiger partial charge in [-0.2, -0.15) is 0 Å². The summed E-state index contributed by atoms with van der Waals surface area (Å²) >= 11 is 5.53. The summed E-state index contributed by atoms with van der Waals surface area (Å²) in [4.78, 5) is 66.4. The molecule has 0 bridgehead atoms. The van der Waals surface area contributed by atoms with E-state index in [2.05, 4.69) is 0 Å². The summed E-state index contributed by atoms with van der Waals surface area (Å²) in [6.45, 7) is -0.566. The van der Waals surface area contributed by atoms with Gasteiger partial charge in [0.15, 0.2) is 23.7 Å². The van der Waals surface area contributed by atoms with Crippen molar-refractivity contribution in [1.82, 2.24) is 0 Å². The standard InChI is InChI=1S/C45H37ClO13/c1-52-33-25-28(23-24-36(46)47)26-34(53-2)37(33)59-45-40(58-44(51)32-21-13-6-14-22-32)39(57-43(50)31-19-11-5-12-20-31)38(56-42(49)30-17-9-4-10-18-30)35(55-45)27-54-41(48)29-15-7-3-8-16-29/h3-26,35,38-40,45H,27H2,1-2H3/b24-23+/t35-,38+,39+,40-,45+/m1/s1. The third-order valence-corrected chi connectivity index (χ3v) is 8.99. The Labute approximate surface area is 343 Å². The van der Waals surface area contributed by atoms with Crippen LogP contribution >= 0.6 is 11.6 Å². The second-order valence-corrected chi connectivity index (χ2v) is 13.1. The molecule has 302 valence electrons. The van der Waals surface area contributed by atoms with Gasteiger partial charge < -0.3 is 37.9 Å². The molecule has 0 aromatic heterocycles. The van der Waals surface area contributed by atoms with Crippen molar-refractivity contribution >= 4 is 46.8 Å². The largest absolute Gasteiger partial charge is 0.493 e. The Balaban J connectivity index is 1.48. The number of carbonyl (C=O) groups excluding carboxylic acids is 5. The number of benzene rings is 5. The molecule has 1 saturated heterocycles.